The average molecular weight is 280 g/mol. The Hall–Kier alpha value is -1.20. The van der Waals surface area contributed by atoms with Gasteiger partial charge in [-0.3, -0.25) is 0 Å². The van der Waals surface area contributed by atoms with Gasteiger partial charge in [0.2, 0.25) is 0 Å². The number of aromatic nitrogens is 1. The van der Waals surface area contributed by atoms with Crippen LogP contribution in [0.3, 0.4) is 0 Å². The molecule has 3 N–H and O–H groups in total. The predicted molar refractivity (Wildman–Crippen MR) is 85.7 cm³/mol. The molecule has 0 amide bonds. The van der Waals surface area contributed by atoms with Crippen LogP contribution in [0.15, 0.2) is 12.1 Å². The van der Waals surface area contributed by atoms with Crippen molar-refractivity contribution in [3.05, 3.63) is 23.4 Å². The molecule has 0 aliphatic heterocycles. The van der Waals surface area contributed by atoms with E-state index in [0.29, 0.717) is 11.0 Å². The Kier molecular flexibility index (Phi) is 6.18. The van der Waals surface area contributed by atoms with Crippen molar-refractivity contribution in [2.24, 2.45) is 5.73 Å². The second-order valence-electron chi connectivity index (χ2n) is 5.10. The molecule has 0 aromatic carbocycles. The maximum atomic E-state index is 5.65. The number of hydrogen-bond donors (Lipinski definition) is 2. The number of thiocarbonyl (C=S) groups is 1. The third-order valence-electron chi connectivity index (χ3n) is 3.11. The van der Waals surface area contributed by atoms with Crippen LogP contribution in [0.1, 0.15) is 31.5 Å². The van der Waals surface area contributed by atoms with Crippen LogP contribution in [0.5, 0.6) is 0 Å². The second kappa shape index (κ2) is 7.40. The molecule has 0 unspecified atom stereocenters. The molecule has 0 atom stereocenters. The Morgan fingerprint density at radius 1 is 1.47 bits per heavy atom. The molecule has 106 valence electrons. The van der Waals surface area contributed by atoms with E-state index in [1.54, 1.807) is 0 Å². The van der Waals surface area contributed by atoms with Crippen LogP contribution in [0.4, 0.5) is 5.82 Å². The van der Waals surface area contributed by atoms with E-state index in [1.165, 1.54) is 0 Å². The van der Waals surface area contributed by atoms with Gasteiger partial charge in [0.05, 0.1) is 0 Å². The lowest BCUT2D eigenvalue weighted by molar-refractivity contribution is 0.273. The first-order valence-electron chi connectivity index (χ1n) is 6.62. The highest BCUT2D eigenvalue weighted by molar-refractivity contribution is 7.80. The summed E-state index contributed by atoms with van der Waals surface area (Å²) < 4.78 is 0. The number of hydrogen-bond acceptors (Lipinski definition) is 4. The van der Waals surface area contributed by atoms with Gasteiger partial charge in [0.1, 0.15) is 10.8 Å². The van der Waals surface area contributed by atoms with Crippen molar-refractivity contribution in [3.63, 3.8) is 0 Å². The van der Waals surface area contributed by atoms with E-state index in [2.05, 4.69) is 36.1 Å². The smallest absolute Gasteiger partial charge is 0.126 e. The molecule has 19 heavy (non-hydrogen) atoms. The van der Waals surface area contributed by atoms with Crippen molar-refractivity contribution in [2.75, 3.05) is 25.5 Å². The second-order valence-corrected chi connectivity index (χ2v) is 5.54. The number of aryl methyl sites for hydroxylation is 1. The number of pyridine rings is 1. The van der Waals surface area contributed by atoms with Crippen LogP contribution in [0.2, 0.25) is 0 Å². The first-order valence-corrected chi connectivity index (χ1v) is 7.03. The summed E-state index contributed by atoms with van der Waals surface area (Å²) in [5.74, 6) is 0.843. The molecule has 0 aliphatic carbocycles. The minimum Gasteiger partial charge on any atom is -0.389 e. The Balaban J connectivity index is 2.47. The van der Waals surface area contributed by atoms with E-state index in [9.17, 15) is 0 Å². The summed E-state index contributed by atoms with van der Waals surface area (Å²) in [4.78, 5) is 7.16. The summed E-state index contributed by atoms with van der Waals surface area (Å²) in [7, 11) is 2.14. The topological polar surface area (TPSA) is 54.2 Å². The molecule has 0 spiro atoms. The van der Waals surface area contributed by atoms with Crippen molar-refractivity contribution in [1.29, 1.82) is 0 Å². The van der Waals surface area contributed by atoms with Crippen molar-refractivity contribution in [3.8, 4) is 0 Å². The quantitative estimate of drug-likeness (QED) is 0.592. The molecule has 1 rings (SSSR count). The standard InChI is InChI=1S/C14H24N4S/c1-10(2)18(4)7-5-6-16-13-9-12(14(15)19)8-11(3)17-13/h8-10H,5-7H2,1-4H3,(H2,15,19)(H,16,17). The van der Waals surface area contributed by atoms with Gasteiger partial charge in [-0.1, -0.05) is 12.2 Å². The molecule has 5 heteroatoms. The Bertz CT molecular complexity index is 431. The lowest BCUT2D eigenvalue weighted by atomic mass is 10.2. The van der Waals surface area contributed by atoms with Gasteiger partial charge in [-0.25, -0.2) is 4.98 Å². The van der Waals surface area contributed by atoms with E-state index in [1.807, 2.05) is 19.1 Å². The van der Waals surface area contributed by atoms with Crippen LogP contribution in [-0.4, -0.2) is 41.1 Å². The number of anilines is 1. The zero-order valence-electron chi connectivity index (χ0n) is 12.2. The molecule has 0 saturated carbocycles. The number of nitrogens with two attached hydrogens (primary N) is 1. The first-order chi connectivity index (χ1) is 8.90. The lowest BCUT2D eigenvalue weighted by Gasteiger charge is -2.20. The van der Waals surface area contributed by atoms with E-state index >= 15 is 0 Å². The molecule has 0 saturated heterocycles. The van der Waals surface area contributed by atoms with Crippen molar-refractivity contribution in [2.45, 2.75) is 33.2 Å². The SMILES string of the molecule is Cc1cc(C(N)=S)cc(NCCCN(C)C(C)C)n1. The fraction of sp³-hybridized carbons (Fsp3) is 0.571. The fourth-order valence-electron chi connectivity index (χ4n) is 1.70. The van der Waals surface area contributed by atoms with Crippen LogP contribution >= 0.6 is 12.2 Å². The molecule has 4 nitrogen and oxygen atoms in total. The molecule has 1 heterocycles. The molecule has 0 aliphatic rings. The molecule has 1 aromatic rings. The molecular formula is C14H24N4S. The summed E-state index contributed by atoms with van der Waals surface area (Å²) in [6, 6.07) is 4.39. The van der Waals surface area contributed by atoms with E-state index in [-0.39, 0.29) is 0 Å². The highest BCUT2D eigenvalue weighted by Crippen LogP contribution is 2.10. The minimum absolute atomic E-state index is 0.410. The molecular weight excluding hydrogens is 256 g/mol. The van der Waals surface area contributed by atoms with Crippen LogP contribution < -0.4 is 11.1 Å². The van der Waals surface area contributed by atoms with Gasteiger partial charge in [0.15, 0.2) is 0 Å². The van der Waals surface area contributed by atoms with Gasteiger partial charge >= 0.3 is 0 Å². The Morgan fingerprint density at radius 2 is 2.16 bits per heavy atom. The average Bonchev–Trinajstić information content (AvgIpc) is 2.33. The van der Waals surface area contributed by atoms with Gasteiger partial charge in [-0.2, -0.15) is 0 Å². The Labute approximate surface area is 121 Å². The summed E-state index contributed by atoms with van der Waals surface area (Å²) >= 11 is 5.00. The third kappa shape index (κ3) is 5.53. The first kappa shape index (κ1) is 15.9. The fourth-order valence-corrected chi connectivity index (χ4v) is 1.82. The highest BCUT2D eigenvalue weighted by atomic mass is 32.1. The predicted octanol–water partition coefficient (Wildman–Crippen LogP) is 2.17. The summed E-state index contributed by atoms with van der Waals surface area (Å²) in [5, 5.41) is 3.32. The summed E-state index contributed by atoms with van der Waals surface area (Å²) in [6.45, 7) is 8.30. The van der Waals surface area contributed by atoms with E-state index < -0.39 is 0 Å². The zero-order valence-corrected chi connectivity index (χ0v) is 13.0. The van der Waals surface area contributed by atoms with Gasteiger partial charge in [-0.05, 0) is 52.9 Å². The van der Waals surface area contributed by atoms with E-state index in [0.717, 1.165) is 36.6 Å². The summed E-state index contributed by atoms with van der Waals surface area (Å²) in [6.07, 6.45) is 1.08. The maximum absolute atomic E-state index is 5.65. The van der Waals surface area contributed by atoms with Crippen molar-refractivity contribution >= 4 is 23.0 Å². The zero-order chi connectivity index (χ0) is 14.4. The molecule has 0 fully saturated rings. The van der Waals surface area contributed by atoms with Crippen LogP contribution in [-0.2, 0) is 0 Å². The third-order valence-corrected chi connectivity index (χ3v) is 3.35. The van der Waals surface area contributed by atoms with Crippen LogP contribution in [0.25, 0.3) is 0 Å². The number of nitrogens with zero attached hydrogens (tertiary/aromatic N) is 2. The van der Waals surface area contributed by atoms with Gasteiger partial charge in [0.25, 0.3) is 0 Å². The van der Waals surface area contributed by atoms with Gasteiger partial charge < -0.3 is 16.0 Å². The lowest BCUT2D eigenvalue weighted by Crippen LogP contribution is -2.28. The normalized spacial score (nSPS) is 11.1. The van der Waals surface area contributed by atoms with E-state index in [4.69, 9.17) is 18.0 Å². The minimum atomic E-state index is 0.410. The van der Waals surface area contributed by atoms with Crippen LogP contribution in [0, 0.1) is 6.92 Å². The highest BCUT2D eigenvalue weighted by Gasteiger charge is 2.04. The van der Waals surface area contributed by atoms with Crippen molar-refractivity contribution in [1.82, 2.24) is 9.88 Å². The number of rotatable bonds is 7. The molecule has 1 aromatic heterocycles. The van der Waals surface area contributed by atoms with Gasteiger partial charge in [0, 0.05) is 23.8 Å². The maximum Gasteiger partial charge on any atom is 0.126 e. The molecule has 0 radical (unpaired) electrons. The largest absolute Gasteiger partial charge is 0.389 e. The number of nitrogens with one attached hydrogen (secondary N) is 1. The molecule has 0 bridgehead atoms. The monoisotopic (exact) mass is 280 g/mol. The summed E-state index contributed by atoms with van der Waals surface area (Å²) in [5.41, 5.74) is 7.44. The van der Waals surface area contributed by atoms with Gasteiger partial charge in [-0.15, -0.1) is 0 Å². The Morgan fingerprint density at radius 3 is 2.74 bits per heavy atom. The van der Waals surface area contributed by atoms with Crippen molar-refractivity contribution < 1.29 is 0 Å².